The van der Waals surface area contributed by atoms with E-state index in [1.807, 2.05) is 18.2 Å². The monoisotopic (exact) mass is 216 g/mol. The lowest BCUT2D eigenvalue weighted by molar-refractivity contribution is -0.0346. The van der Waals surface area contributed by atoms with Crippen molar-refractivity contribution in [1.82, 2.24) is 0 Å². The number of hydrogen-bond acceptors (Lipinski definition) is 2. The van der Waals surface area contributed by atoms with Gasteiger partial charge in [0, 0.05) is 5.56 Å². The zero-order valence-corrected chi connectivity index (χ0v) is 9.53. The van der Waals surface area contributed by atoms with Gasteiger partial charge in [-0.2, -0.15) is 0 Å². The molecule has 2 aliphatic rings. The first-order valence-electron chi connectivity index (χ1n) is 6.04. The number of benzene rings is 1. The topological polar surface area (TPSA) is 26.3 Å². The largest absolute Gasteiger partial charge is 0.451 e. The van der Waals surface area contributed by atoms with Crippen molar-refractivity contribution in [2.45, 2.75) is 38.2 Å². The van der Waals surface area contributed by atoms with Crippen LogP contribution in [0.25, 0.3) is 0 Å². The Bertz CT molecular complexity index is 428. The first-order valence-corrected chi connectivity index (χ1v) is 6.04. The number of carbonyl (C=O) groups excluding carboxylic acids is 1. The van der Waals surface area contributed by atoms with E-state index in [-0.39, 0.29) is 11.6 Å². The van der Waals surface area contributed by atoms with Gasteiger partial charge < -0.3 is 4.74 Å². The molecular formula is C14H16O2. The predicted molar refractivity (Wildman–Crippen MR) is 61.2 cm³/mol. The van der Waals surface area contributed by atoms with Crippen molar-refractivity contribution >= 4 is 5.97 Å². The van der Waals surface area contributed by atoms with Crippen LogP contribution >= 0.6 is 0 Å². The van der Waals surface area contributed by atoms with Gasteiger partial charge in [-0.3, -0.25) is 0 Å². The van der Waals surface area contributed by atoms with E-state index in [0.717, 1.165) is 42.7 Å². The van der Waals surface area contributed by atoms with Crippen molar-refractivity contribution in [3.8, 4) is 0 Å². The third kappa shape index (κ3) is 1.29. The highest BCUT2D eigenvalue weighted by Crippen LogP contribution is 2.47. The zero-order valence-electron chi connectivity index (χ0n) is 9.53. The van der Waals surface area contributed by atoms with E-state index in [2.05, 4.69) is 13.0 Å². The second-order valence-electron chi connectivity index (χ2n) is 5.11. The molecule has 0 radical (unpaired) electrons. The van der Waals surface area contributed by atoms with Crippen LogP contribution < -0.4 is 0 Å². The fraction of sp³-hybridized carbons (Fsp3) is 0.500. The number of hydrogen-bond donors (Lipinski definition) is 0. The Hall–Kier alpha value is -1.31. The summed E-state index contributed by atoms with van der Waals surface area (Å²) in [6, 6.07) is 7.84. The molecule has 0 aromatic heterocycles. The average Bonchev–Trinajstić information content (AvgIpc) is 2.58. The van der Waals surface area contributed by atoms with Gasteiger partial charge in [0.1, 0.15) is 5.60 Å². The Morgan fingerprint density at radius 1 is 1.25 bits per heavy atom. The molecule has 0 bridgehead atoms. The minimum Gasteiger partial charge on any atom is -0.451 e. The lowest BCUT2D eigenvalue weighted by Gasteiger charge is -2.35. The Labute approximate surface area is 95.6 Å². The summed E-state index contributed by atoms with van der Waals surface area (Å²) in [5, 5.41) is 0. The fourth-order valence-corrected chi connectivity index (χ4v) is 2.95. The second kappa shape index (κ2) is 3.34. The van der Waals surface area contributed by atoms with Crippen molar-refractivity contribution in [3.05, 3.63) is 35.4 Å². The Kier molecular flexibility index (Phi) is 2.06. The summed E-state index contributed by atoms with van der Waals surface area (Å²) in [6.45, 7) is 2.27. The summed E-state index contributed by atoms with van der Waals surface area (Å²) >= 11 is 0. The molecule has 0 unspecified atom stereocenters. The van der Waals surface area contributed by atoms with E-state index >= 15 is 0 Å². The molecule has 1 saturated carbocycles. The van der Waals surface area contributed by atoms with Crippen molar-refractivity contribution in [2.75, 3.05) is 0 Å². The molecule has 2 heteroatoms. The maximum atomic E-state index is 11.8. The third-order valence-electron chi connectivity index (χ3n) is 4.01. The molecular weight excluding hydrogens is 200 g/mol. The van der Waals surface area contributed by atoms with E-state index < -0.39 is 0 Å². The molecule has 1 aliphatic heterocycles. The van der Waals surface area contributed by atoms with Crippen LogP contribution in [0.1, 0.15) is 48.5 Å². The lowest BCUT2D eigenvalue weighted by Crippen LogP contribution is -2.31. The molecule has 1 aromatic carbocycles. The molecule has 1 fully saturated rings. The molecule has 0 atom stereocenters. The normalized spacial score (nSPS) is 32.6. The van der Waals surface area contributed by atoms with Gasteiger partial charge in [0.05, 0.1) is 5.56 Å². The molecule has 84 valence electrons. The summed E-state index contributed by atoms with van der Waals surface area (Å²) < 4.78 is 5.67. The smallest absolute Gasteiger partial charge is 0.339 e. The quantitative estimate of drug-likeness (QED) is 0.622. The number of fused-ring (bicyclic) bond motifs is 2. The summed E-state index contributed by atoms with van der Waals surface area (Å²) in [5.74, 6) is 0.627. The second-order valence-corrected chi connectivity index (χ2v) is 5.11. The van der Waals surface area contributed by atoms with Crippen LogP contribution in [0.15, 0.2) is 24.3 Å². The van der Waals surface area contributed by atoms with Crippen LogP contribution in [0.4, 0.5) is 0 Å². The van der Waals surface area contributed by atoms with Crippen LogP contribution in [0.5, 0.6) is 0 Å². The zero-order chi connectivity index (χ0) is 11.2. The van der Waals surface area contributed by atoms with E-state index in [9.17, 15) is 4.79 Å². The lowest BCUT2D eigenvalue weighted by atomic mass is 9.75. The number of carbonyl (C=O) groups is 1. The van der Waals surface area contributed by atoms with Gasteiger partial charge in [-0.25, -0.2) is 4.79 Å². The number of rotatable bonds is 0. The van der Waals surface area contributed by atoms with E-state index in [4.69, 9.17) is 4.74 Å². The molecule has 1 aliphatic carbocycles. The van der Waals surface area contributed by atoms with Gasteiger partial charge in [0.15, 0.2) is 0 Å². The van der Waals surface area contributed by atoms with Gasteiger partial charge in [0.25, 0.3) is 0 Å². The van der Waals surface area contributed by atoms with Crippen LogP contribution in [0.3, 0.4) is 0 Å². The SMILES string of the molecule is CC1CCC2(CC1)OC(=O)c1ccccc12. The molecule has 2 nitrogen and oxygen atoms in total. The summed E-state index contributed by atoms with van der Waals surface area (Å²) in [5.41, 5.74) is 1.60. The molecule has 0 saturated heterocycles. The van der Waals surface area contributed by atoms with E-state index in [0.29, 0.717) is 0 Å². The van der Waals surface area contributed by atoms with Gasteiger partial charge in [-0.05, 0) is 37.7 Å². The number of ether oxygens (including phenoxy) is 1. The van der Waals surface area contributed by atoms with Crippen molar-refractivity contribution < 1.29 is 9.53 Å². The van der Waals surface area contributed by atoms with Crippen molar-refractivity contribution in [3.63, 3.8) is 0 Å². The highest BCUT2D eigenvalue weighted by atomic mass is 16.6. The highest BCUT2D eigenvalue weighted by Gasteiger charge is 2.46. The van der Waals surface area contributed by atoms with Gasteiger partial charge in [-0.1, -0.05) is 25.1 Å². The Morgan fingerprint density at radius 3 is 2.69 bits per heavy atom. The fourth-order valence-electron chi connectivity index (χ4n) is 2.95. The van der Waals surface area contributed by atoms with E-state index in [1.165, 1.54) is 0 Å². The maximum absolute atomic E-state index is 11.8. The van der Waals surface area contributed by atoms with Gasteiger partial charge in [-0.15, -0.1) is 0 Å². The van der Waals surface area contributed by atoms with Crippen molar-refractivity contribution in [1.29, 1.82) is 0 Å². The molecule has 1 heterocycles. The van der Waals surface area contributed by atoms with Crippen LogP contribution in [-0.4, -0.2) is 5.97 Å². The maximum Gasteiger partial charge on any atom is 0.339 e. The number of esters is 1. The first kappa shape index (κ1) is 9.88. The minimum atomic E-state index is -0.291. The van der Waals surface area contributed by atoms with Crippen LogP contribution in [0.2, 0.25) is 0 Å². The molecule has 16 heavy (non-hydrogen) atoms. The van der Waals surface area contributed by atoms with E-state index in [1.54, 1.807) is 0 Å². The average molecular weight is 216 g/mol. The molecule has 0 N–H and O–H groups in total. The summed E-state index contributed by atoms with van der Waals surface area (Å²) in [4.78, 5) is 11.8. The molecule has 1 spiro atoms. The predicted octanol–water partition coefficient (Wildman–Crippen LogP) is 3.26. The van der Waals surface area contributed by atoms with Gasteiger partial charge >= 0.3 is 5.97 Å². The Morgan fingerprint density at radius 2 is 1.94 bits per heavy atom. The molecule has 1 aromatic rings. The summed E-state index contributed by atoms with van der Waals surface area (Å²) in [7, 11) is 0. The standard InChI is InChI=1S/C14H16O2/c1-10-6-8-14(9-7-10)12-5-3-2-4-11(12)13(15)16-14/h2-5,10H,6-9H2,1H3. The highest BCUT2D eigenvalue weighted by molar-refractivity contribution is 5.94. The Balaban J connectivity index is 2.02. The van der Waals surface area contributed by atoms with Gasteiger partial charge in [0.2, 0.25) is 0 Å². The van der Waals surface area contributed by atoms with Crippen molar-refractivity contribution in [2.24, 2.45) is 5.92 Å². The first-order chi connectivity index (χ1) is 7.71. The third-order valence-corrected chi connectivity index (χ3v) is 4.01. The van der Waals surface area contributed by atoms with Crippen LogP contribution in [0, 0.1) is 5.92 Å². The van der Waals surface area contributed by atoms with Crippen LogP contribution in [-0.2, 0) is 10.3 Å². The molecule has 0 amide bonds. The minimum absolute atomic E-state index is 0.134. The molecule has 3 rings (SSSR count). The summed E-state index contributed by atoms with van der Waals surface area (Å²) in [6.07, 6.45) is 4.27.